The zero-order valence-electron chi connectivity index (χ0n) is 8.46. The second kappa shape index (κ2) is 10.1. The van der Waals surface area contributed by atoms with Gasteiger partial charge >= 0.3 is 0 Å². The third-order valence-corrected chi connectivity index (χ3v) is 2.15. The first kappa shape index (κ1) is 13.0. The smallest absolute Gasteiger partial charge is 0.0466 e. The number of hydrogen-bond donors (Lipinski definition) is 0. The second-order valence-electron chi connectivity index (χ2n) is 3.35. The van der Waals surface area contributed by atoms with Crippen LogP contribution < -0.4 is 0 Å². The van der Waals surface area contributed by atoms with E-state index in [1.165, 1.54) is 38.5 Å². The van der Waals surface area contributed by atoms with Gasteiger partial charge in [-0.3, -0.25) is 0 Å². The van der Waals surface area contributed by atoms with Crippen molar-refractivity contribution in [2.75, 3.05) is 26.4 Å². The number of hydrogen-bond acceptors (Lipinski definition) is 2. The SMILES string of the molecule is C1CCOCC1.C1CCOCC1.[B]. The standard InChI is InChI=1S/2C5H10O.B/c2*1-2-4-6-5-3-1;/h2*1-5H2;. The molecule has 0 amide bonds. The minimum absolute atomic E-state index is 0. The highest BCUT2D eigenvalue weighted by Gasteiger charge is 1.95. The molecule has 0 atom stereocenters. The van der Waals surface area contributed by atoms with Crippen LogP contribution in [0.15, 0.2) is 0 Å². The van der Waals surface area contributed by atoms with E-state index in [1.54, 1.807) is 0 Å². The molecule has 3 heteroatoms. The van der Waals surface area contributed by atoms with Crippen molar-refractivity contribution in [2.45, 2.75) is 38.5 Å². The summed E-state index contributed by atoms with van der Waals surface area (Å²) in [5.41, 5.74) is 0. The number of ether oxygens (including phenoxy) is 2. The molecule has 2 nitrogen and oxygen atoms in total. The predicted octanol–water partition coefficient (Wildman–Crippen LogP) is 1.99. The van der Waals surface area contributed by atoms with Crippen molar-refractivity contribution in [1.29, 1.82) is 0 Å². The molecule has 2 rings (SSSR count). The zero-order chi connectivity index (χ0) is 8.49. The first-order chi connectivity index (χ1) is 6.00. The second-order valence-corrected chi connectivity index (χ2v) is 3.35. The van der Waals surface area contributed by atoms with E-state index in [0.717, 1.165) is 26.4 Å². The quantitative estimate of drug-likeness (QED) is 0.534. The lowest BCUT2D eigenvalue weighted by Crippen LogP contribution is -2.03. The summed E-state index contributed by atoms with van der Waals surface area (Å²) in [5.74, 6) is 0. The third kappa shape index (κ3) is 8.32. The molecule has 0 aromatic carbocycles. The van der Waals surface area contributed by atoms with Gasteiger partial charge in [-0.1, -0.05) is 0 Å². The van der Waals surface area contributed by atoms with Crippen LogP contribution in [0.5, 0.6) is 0 Å². The zero-order valence-corrected chi connectivity index (χ0v) is 8.46. The summed E-state index contributed by atoms with van der Waals surface area (Å²) in [6, 6.07) is 0. The summed E-state index contributed by atoms with van der Waals surface area (Å²) in [6.07, 6.45) is 7.86. The number of rotatable bonds is 0. The maximum atomic E-state index is 5.07. The van der Waals surface area contributed by atoms with Gasteiger partial charge in [0.05, 0.1) is 0 Å². The first-order valence-corrected chi connectivity index (χ1v) is 5.15. The van der Waals surface area contributed by atoms with Gasteiger partial charge in [0.1, 0.15) is 0 Å². The van der Waals surface area contributed by atoms with Crippen molar-refractivity contribution in [3.8, 4) is 0 Å². The minimum Gasteiger partial charge on any atom is -0.381 e. The molecule has 0 saturated carbocycles. The Morgan fingerprint density at radius 3 is 0.846 bits per heavy atom. The first-order valence-electron chi connectivity index (χ1n) is 5.15. The lowest BCUT2D eigenvalue weighted by atomic mass is 10.2. The van der Waals surface area contributed by atoms with E-state index in [1.807, 2.05) is 0 Å². The Labute approximate surface area is 83.6 Å². The van der Waals surface area contributed by atoms with Crippen molar-refractivity contribution in [3.05, 3.63) is 0 Å². The van der Waals surface area contributed by atoms with E-state index in [-0.39, 0.29) is 8.41 Å². The predicted molar refractivity (Wildman–Crippen MR) is 55.1 cm³/mol. The summed E-state index contributed by atoms with van der Waals surface area (Å²) >= 11 is 0. The molecule has 13 heavy (non-hydrogen) atoms. The van der Waals surface area contributed by atoms with Crippen LogP contribution in [-0.2, 0) is 9.47 Å². The lowest BCUT2D eigenvalue weighted by molar-refractivity contribution is 0.0967. The average Bonchev–Trinajstić information content (AvgIpc) is 2.24. The van der Waals surface area contributed by atoms with Gasteiger partial charge < -0.3 is 9.47 Å². The molecule has 0 aromatic rings. The van der Waals surface area contributed by atoms with Crippen LogP contribution in [0.3, 0.4) is 0 Å². The molecule has 2 fully saturated rings. The van der Waals surface area contributed by atoms with Gasteiger partial charge in [-0.2, -0.15) is 0 Å². The highest BCUT2D eigenvalue weighted by Crippen LogP contribution is 2.02. The Bertz CT molecular complexity index is 55.9. The maximum absolute atomic E-state index is 5.07. The molecule has 0 aromatic heterocycles. The van der Waals surface area contributed by atoms with Gasteiger partial charge in [-0.15, -0.1) is 0 Å². The van der Waals surface area contributed by atoms with E-state index >= 15 is 0 Å². The largest absolute Gasteiger partial charge is 0.381 e. The molecule has 2 heterocycles. The Morgan fingerprint density at radius 1 is 0.462 bits per heavy atom. The summed E-state index contributed by atoms with van der Waals surface area (Å²) < 4.78 is 10.1. The Morgan fingerprint density at radius 2 is 0.769 bits per heavy atom. The van der Waals surface area contributed by atoms with Crippen molar-refractivity contribution in [2.24, 2.45) is 0 Å². The van der Waals surface area contributed by atoms with Crippen LogP contribution in [0.1, 0.15) is 38.5 Å². The average molecular weight is 183 g/mol. The molecule has 75 valence electrons. The van der Waals surface area contributed by atoms with Gasteiger partial charge in [0.25, 0.3) is 0 Å². The molecular weight excluding hydrogens is 163 g/mol. The monoisotopic (exact) mass is 183 g/mol. The fourth-order valence-electron chi connectivity index (χ4n) is 1.37. The van der Waals surface area contributed by atoms with Crippen molar-refractivity contribution in [3.63, 3.8) is 0 Å². The van der Waals surface area contributed by atoms with Crippen molar-refractivity contribution >= 4 is 8.41 Å². The Hall–Kier alpha value is -0.0151. The Kier molecular flexibility index (Phi) is 10.1. The highest BCUT2D eigenvalue weighted by molar-refractivity contribution is 5.75. The summed E-state index contributed by atoms with van der Waals surface area (Å²) in [6.45, 7) is 4.00. The molecule has 0 unspecified atom stereocenters. The van der Waals surface area contributed by atoms with Crippen LogP contribution >= 0.6 is 0 Å². The van der Waals surface area contributed by atoms with Gasteiger partial charge in [-0.05, 0) is 38.5 Å². The van der Waals surface area contributed by atoms with Crippen LogP contribution in [-0.4, -0.2) is 34.8 Å². The van der Waals surface area contributed by atoms with E-state index in [9.17, 15) is 0 Å². The summed E-state index contributed by atoms with van der Waals surface area (Å²) in [5, 5.41) is 0. The molecule has 2 saturated heterocycles. The van der Waals surface area contributed by atoms with Gasteiger partial charge in [-0.25, -0.2) is 0 Å². The Balaban J connectivity index is 0.000000206. The van der Waals surface area contributed by atoms with Gasteiger partial charge in [0.2, 0.25) is 0 Å². The van der Waals surface area contributed by atoms with E-state index in [2.05, 4.69) is 0 Å². The van der Waals surface area contributed by atoms with Crippen molar-refractivity contribution in [1.82, 2.24) is 0 Å². The third-order valence-electron chi connectivity index (χ3n) is 2.15. The van der Waals surface area contributed by atoms with E-state index in [0.29, 0.717) is 0 Å². The summed E-state index contributed by atoms with van der Waals surface area (Å²) in [7, 11) is 0. The molecule has 3 radical (unpaired) electrons. The van der Waals surface area contributed by atoms with Crippen molar-refractivity contribution < 1.29 is 9.47 Å². The molecule has 0 N–H and O–H groups in total. The molecular formula is C10H20BO2. The maximum Gasteiger partial charge on any atom is 0.0466 e. The van der Waals surface area contributed by atoms with Crippen LogP contribution in [0.2, 0.25) is 0 Å². The van der Waals surface area contributed by atoms with E-state index in [4.69, 9.17) is 9.47 Å². The van der Waals surface area contributed by atoms with Gasteiger partial charge in [0, 0.05) is 34.8 Å². The minimum atomic E-state index is 0. The lowest BCUT2D eigenvalue weighted by Gasteiger charge is -2.08. The van der Waals surface area contributed by atoms with Gasteiger partial charge in [0.15, 0.2) is 0 Å². The van der Waals surface area contributed by atoms with Crippen LogP contribution in [0.25, 0.3) is 0 Å². The molecule has 2 aliphatic heterocycles. The normalized spacial score (nSPS) is 22.2. The highest BCUT2D eigenvalue weighted by atomic mass is 16.5. The molecule has 2 aliphatic rings. The molecule has 0 aliphatic carbocycles. The fraction of sp³-hybridized carbons (Fsp3) is 1.00. The summed E-state index contributed by atoms with van der Waals surface area (Å²) in [4.78, 5) is 0. The topological polar surface area (TPSA) is 18.5 Å². The van der Waals surface area contributed by atoms with E-state index < -0.39 is 0 Å². The van der Waals surface area contributed by atoms with Crippen LogP contribution in [0, 0.1) is 0 Å². The fourth-order valence-corrected chi connectivity index (χ4v) is 1.37. The van der Waals surface area contributed by atoms with Crippen LogP contribution in [0.4, 0.5) is 0 Å². The molecule has 0 bridgehead atoms. The molecule has 0 spiro atoms.